The Morgan fingerprint density at radius 1 is 1.14 bits per heavy atom. The van der Waals surface area contributed by atoms with E-state index in [1.54, 1.807) is 0 Å². The molecule has 1 aromatic rings. The van der Waals surface area contributed by atoms with Crippen molar-refractivity contribution < 1.29 is 19.4 Å². The Bertz CT molecular complexity index is 483. The molecule has 4 heteroatoms. The van der Waals surface area contributed by atoms with E-state index in [9.17, 15) is 9.59 Å². The summed E-state index contributed by atoms with van der Waals surface area (Å²) in [5.74, 6) is -1.77. The molecule has 0 aromatic heterocycles. The van der Waals surface area contributed by atoms with Crippen LogP contribution in [0, 0.1) is 0 Å². The SMILES string of the molecule is CC(C)=Cc1ccccc1.CCCOC(=O)C=CC(=O)O. The molecule has 1 N–H and O–H groups in total. The monoisotopic (exact) mass is 290 g/mol. The zero-order valence-corrected chi connectivity index (χ0v) is 12.7. The summed E-state index contributed by atoms with van der Waals surface area (Å²) in [5, 5.41) is 8.09. The van der Waals surface area contributed by atoms with Crippen LogP contribution >= 0.6 is 0 Å². The number of hydrogen-bond acceptors (Lipinski definition) is 3. The van der Waals surface area contributed by atoms with E-state index in [2.05, 4.69) is 48.9 Å². The Kier molecular flexibility index (Phi) is 10.2. The third-order valence-electron chi connectivity index (χ3n) is 2.07. The molecule has 0 aliphatic heterocycles. The van der Waals surface area contributed by atoms with Gasteiger partial charge in [0.2, 0.25) is 0 Å². The standard InChI is InChI=1S/C10H12.C7H10O4/c1-9(2)8-10-6-4-3-5-7-10;1-2-5-11-7(10)4-3-6(8)9/h3-8H,1-2H3;3-4H,2,5H2,1H3,(H,8,9). The first-order valence-corrected chi connectivity index (χ1v) is 6.73. The molecule has 0 radical (unpaired) electrons. The van der Waals surface area contributed by atoms with Crippen LogP contribution in [-0.4, -0.2) is 23.7 Å². The minimum atomic E-state index is -1.15. The Labute approximate surface area is 125 Å². The first kappa shape index (κ1) is 18.6. The van der Waals surface area contributed by atoms with E-state index in [1.807, 2.05) is 13.0 Å². The summed E-state index contributed by atoms with van der Waals surface area (Å²) in [5.41, 5.74) is 2.62. The van der Waals surface area contributed by atoms with Crippen molar-refractivity contribution in [1.82, 2.24) is 0 Å². The van der Waals surface area contributed by atoms with E-state index in [0.29, 0.717) is 6.61 Å². The molecule has 0 aliphatic carbocycles. The van der Waals surface area contributed by atoms with E-state index < -0.39 is 11.9 Å². The van der Waals surface area contributed by atoms with Crippen molar-refractivity contribution in [3.63, 3.8) is 0 Å². The van der Waals surface area contributed by atoms with Gasteiger partial charge in [0.25, 0.3) is 0 Å². The summed E-state index contributed by atoms with van der Waals surface area (Å²) < 4.78 is 4.55. The third-order valence-corrected chi connectivity index (χ3v) is 2.07. The van der Waals surface area contributed by atoms with E-state index in [4.69, 9.17) is 5.11 Å². The largest absolute Gasteiger partial charge is 0.478 e. The van der Waals surface area contributed by atoms with Crippen molar-refractivity contribution in [3.05, 3.63) is 53.6 Å². The Hall–Kier alpha value is -2.36. The average Bonchev–Trinajstić information content (AvgIpc) is 2.44. The Morgan fingerprint density at radius 3 is 2.24 bits per heavy atom. The fraction of sp³-hybridized carbons (Fsp3) is 0.294. The number of esters is 1. The molecule has 0 atom stereocenters. The number of carboxylic acids is 1. The number of rotatable bonds is 5. The molecule has 0 heterocycles. The van der Waals surface area contributed by atoms with Crippen molar-refractivity contribution in [2.45, 2.75) is 27.2 Å². The average molecular weight is 290 g/mol. The van der Waals surface area contributed by atoms with Crippen LogP contribution in [0.2, 0.25) is 0 Å². The molecule has 0 unspecified atom stereocenters. The van der Waals surface area contributed by atoms with Gasteiger partial charge in [-0.3, -0.25) is 0 Å². The summed E-state index contributed by atoms with van der Waals surface area (Å²) in [4.78, 5) is 20.4. The molecule has 4 nitrogen and oxygen atoms in total. The van der Waals surface area contributed by atoms with Gasteiger partial charge >= 0.3 is 11.9 Å². The van der Waals surface area contributed by atoms with E-state index >= 15 is 0 Å². The molecule has 0 bridgehead atoms. The van der Waals surface area contributed by atoms with Crippen LogP contribution in [0.25, 0.3) is 6.08 Å². The van der Waals surface area contributed by atoms with Crippen molar-refractivity contribution in [3.8, 4) is 0 Å². The highest BCUT2D eigenvalue weighted by atomic mass is 16.5. The number of carbonyl (C=O) groups excluding carboxylic acids is 1. The molecular weight excluding hydrogens is 268 g/mol. The maximum absolute atomic E-state index is 10.5. The number of ether oxygens (including phenoxy) is 1. The van der Waals surface area contributed by atoms with E-state index in [1.165, 1.54) is 11.1 Å². The quantitative estimate of drug-likeness (QED) is 0.663. The molecule has 0 saturated carbocycles. The maximum Gasteiger partial charge on any atom is 0.331 e. The van der Waals surface area contributed by atoms with Crippen LogP contribution in [0.1, 0.15) is 32.8 Å². The second-order valence-electron chi connectivity index (χ2n) is 4.47. The second kappa shape index (κ2) is 11.5. The number of carbonyl (C=O) groups is 2. The van der Waals surface area contributed by atoms with Gasteiger partial charge in [-0.2, -0.15) is 0 Å². The van der Waals surface area contributed by atoms with Crippen molar-refractivity contribution in [1.29, 1.82) is 0 Å². The molecule has 1 aromatic carbocycles. The van der Waals surface area contributed by atoms with E-state index in [-0.39, 0.29) is 0 Å². The fourth-order valence-electron chi connectivity index (χ4n) is 1.27. The summed E-state index contributed by atoms with van der Waals surface area (Å²) in [6, 6.07) is 10.3. The van der Waals surface area contributed by atoms with Crippen LogP contribution in [0.5, 0.6) is 0 Å². The lowest BCUT2D eigenvalue weighted by molar-refractivity contribution is -0.138. The smallest absolute Gasteiger partial charge is 0.331 e. The van der Waals surface area contributed by atoms with Crippen LogP contribution < -0.4 is 0 Å². The zero-order valence-electron chi connectivity index (χ0n) is 12.7. The fourth-order valence-corrected chi connectivity index (χ4v) is 1.27. The first-order chi connectivity index (χ1) is 9.95. The van der Waals surface area contributed by atoms with Gasteiger partial charge < -0.3 is 9.84 Å². The number of hydrogen-bond donors (Lipinski definition) is 1. The van der Waals surface area contributed by atoms with Gasteiger partial charge in [-0.15, -0.1) is 0 Å². The summed E-state index contributed by atoms with van der Waals surface area (Å²) in [7, 11) is 0. The number of carboxylic acid groups (broad SMARTS) is 1. The topological polar surface area (TPSA) is 63.6 Å². The summed E-state index contributed by atoms with van der Waals surface area (Å²) >= 11 is 0. The van der Waals surface area contributed by atoms with Gasteiger partial charge in [0.05, 0.1) is 6.61 Å². The lowest BCUT2D eigenvalue weighted by Crippen LogP contribution is -2.02. The molecule has 0 fully saturated rings. The maximum atomic E-state index is 10.5. The molecule has 21 heavy (non-hydrogen) atoms. The van der Waals surface area contributed by atoms with Crippen LogP contribution in [0.4, 0.5) is 0 Å². The Balaban J connectivity index is 0.000000382. The van der Waals surface area contributed by atoms with Gasteiger partial charge in [0.1, 0.15) is 0 Å². The molecule has 114 valence electrons. The van der Waals surface area contributed by atoms with Crippen molar-refractivity contribution in [2.24, 2.45) is 0 Å². The van der Waals surface area contributed by atoms with Crippen molar-refractivity contribution >= 4 is 18.0 Å². The predicted molar refractivity (Wildman–Crippen MR) is 83.8 cm³/mol. The highest BCUT2D eigenvalue weighted by molar-refractivity contribution is 5.90. The number of aliphatic carboxylic acids is 1. The normalized spacial score (nSPS) is 9.48. The van der Waals surface area contributed by atoms with Crippen LogP contribution in [-0.2, 0) is 14.3 Å². The van der Waals surface area contributed by atoms with Gasteiger partial charge in [0, 0.05) is 12.2 Å². The van der Waals surface area contributed by atoms with Crippen molar-refractivity contribution in [2.75, 3.05) is 6.61 Å². The van der Waals surface area contributed by atoms with Crippen LogP contribution in [0.3, 0.4) is 0 Å². The van der Waals surface area contributed by atoms with E-state index in [0.717, 1.165) is 18.6 Å². The molecule has 0 saturated heterocycles. The highest BCUT2D eigenvalue weighted by Gasteiger charge is 1.95. The number of benzene rings is 1. The molecule has 1 rings (SSSR count). The van der Waals surface area contributed by atoms with Crippen LogP contribution in [0.15, 0.2) is 48.1 Å². The van der Waals surface area contributed by atoms with Gasteiger partial charge in [-0.05, 0) is 25.8 Å². The molecule has 0 amide bonds. The summed E-state index contributed by atoms with van der Waals surface area (Å²) in [6.07, 6.45) is 4.53. The minimum Gasteiger partial charge on any atom is -0.478 e. The molecule has 0 spiro atoms. The van der Waals surface area contributed by atoms with Gasteiger partial charge in [-0.25, -0.2) is 9.59 Å². The predicted octanol–water partition coefficient (Wildman–Crippen LogP) is 3.69. The van der Waals surface area contributed by atoms with Gasteiger partial charge in [0.15, 0.2) is 0 Å². The zero-order chi connectivity index (χ0) is 16.1. The Morgan fingerprint density at radius 2 is 1.76 bits per heavy atom. The third kappa shape index (κ3) is 12.4. The number of allylic oxidation sites excluding steroid dienone is 1. The molecule has 0 aliphatic rings. The van der Waals surface area contributed by atoms with Gasteiger partial charge in [-0.1, -0.05) is 48.9 Å². The lowest BCUT2D eigenvalue weighted by Gasteiger charge is -1.95. The second-order valence-corrected chi connectivity index (χ2v) is 4.47. The molecular formula is C17H22O4. The minimum absolute atomic E-state index is 0.322. The summed E-state index contributed by atoms with van der Waals surface area (Å²) in [6.45, 7) is 6.39. The first-order valence-electron chi connectivity index (χ1n) is 6.73. The lowest BCUT2D eigenvalue weighted by atomic mass is 10.2. The highest BCUT2D eigenvalue weighted by Crippen LogP contribution is 2.04.